The van der Waals surface area contributed by atoms with Gasteiger partial charge in [0.15, 0.2) is 11.2 Å². The van der Waals surface area contributed by atoms with Gasteiger partial charge in [0.05, 0.1) is 6.10 Å². The molecule has 2 amide bonds. The van der Waals surface area contributed by atoms with E-state index >= 15 is 0 Å². The molecular weight excluding hydrogens is 773 g/mol. The van der Waals surface area contributed by atoms with E-state index in [1.54, 1.807) is 18.2 Å². The van der Waals surface area contributed by atoms with Crippen LogP contribution >= 0.6 is 0 Å². The smallest absolute Gasteiger partial charge is 0.299 e. The van der Waals surface area contributed by atoms with Gasteiger partial charge in [-0.1, -0.05) is 12.8 Å². The zero-order valence-corrected chi connectivity index (χ0v) is 37.4. The number of amides is 2. The van der Waals surface area contributed by atoms with E-state index in [0.717, 1.165) is 76.0 Å². The molecule has 61 heavy (non-hydrogen) atoms. The number of phenolic OH excluding ortho intramolecular Hbond substituents is 1. The highest BCUT2D eigenvalue weighted by Crippen LogP contribution is 2.32. The van der Waals surface area contributed by atoms with Gasteiger partial charge in [-0.05, 0) is 130 Å². The van der Waals surface area contributed by atoms with Gasteiger partial charge < -0.3 is 39.1 Å². The summed E-state index contributed by atoms with van der Waals surface area (Å²) in [5.74, 6) is 1.04. The highest BCUT2D eigenvalue weighted by atomic mass is 16.5. The first kappa shape index (κ1) is 44.5. The summed E-state index contributed by atoms with van der Waals surface area (Å²) in [6.45, 7) is 17.8. The minimum Gasteiger partial charge on any atom is -0.508 e. The Morgan fingerprint density at radius 3 is 1.61 bits per heavy atom. The number of rotatable bonds is 12. The molecule has 2 aromatic carbocycles. The Balaban J connectivity index is 0.000000185. The number of carbonyl (C=O) groups is 2. The molecule has 8 rings (SSSR count). The fourth-order valence-corrected chi connectivity index (χ4v) is 9.93. The van der Waals surface area contributed by atoms with E-state index < -0.39 is 0 Å². The number of ether oxygens (including phenoxy) is 1. The Bertz CT molecular complexity index is 2030. The van der Waals surface area contributed by atoms with E-state index in [2.05, 4.69) is 58.1 Å². The lowest BCUT2D eigenvalue weighted by Gasteiger charge is -2.39. The van der Waals surface area contributed by atoms with Crippen LogP contribution < -0.4 is 25.2 Å². The van der Waals surface area contributed by atoms with Crippen LogP contribution in [-0.4, -0.2) is 118 Å². The van der Waals surface area contributed by atoms with Crippen LogP contribution in [0.5, 0.6) is 11.5 Å². The molecule has 2 aromatic heterocycles. The maximum atomic E-state index is 13.1. The van der Waals surface area contributed by atoms with Crippen LogP contribution in [0.2, 0.25) is 0 Å². The van der Waals surface area contributed by atoms with Gasteiger partial charge in [-0.15, -0.1) is 0 Å². The number of phenols is 1. The van der Waals surface area contributed by atoms with Crippen molar-refractivity contribution < 1.29 is 28.3 Å². The summed E-state index contributed by atoms with van der Waals surface area (Å²) in [4.78, 5) is 44.4. The van der Waals surface area contributed by atoms with E-state index in [1.807, 2.05) is 41.8 Å². The van der Waals surface area contributed by atoms with Gasteiger partial charge >= 0.3 is 0 Å². The Morgan fingerprint density at radius 2 is 1.13 bits per heavy atom. The van der Waals surface area contributed by atoms with Crippen molar-refractivity contribution in [1.82, 2.24) is 30.4 Å². The lowest BCUT2D eigenvalue weighted by molar-refractivity contribution is -0.123. The molecule has 4 aliphatic heterocycles. The number of fused-ring (bicyclic) bond motifs is 2. The molecule has 0 radical (unpaired) electrons. The van der Waals surface area contributed by atoms with Crippen molar-refractivity contribution in [2.24, 2.45) is 0 Å². The van der Waals surface area contributed by atoms with E-state index in [1.165, 1.54) is 38.5 Å². The first-order valence-electron chi connectivity index (χ1n) is 23.2. The van der Waals surface area contributed by atoms with Gasteiger partial charge in [0, 0.05) is 75.6 Å². The molecule has 4 aliphatic rings. The lowest BCUT2D eigenvalue weighted by Crippen LogP contribution is -2.52. The number of aromatic hydroxyl groups is 1. The van der Waals surface area contributed by atoms with Crippen molar-refractivity contribution in [2.75, 3.05) is 49.1 Å². The number of carbonyl (C=O) groups excluding carboxylic acids is 2. The lowest BCUT2D eigenvalue weighted by atomic mass is 9.97. The normalized spacial score (nSPS) is 25.4. The quantitative estimate of drug-likeness (QED) is 0.129. The molecule has 6 atom stereocenters. The largest absolute Gasteiger partial charge is 0.508 e. The van der Waals surface area contributed by atoms with Gasteiger partial charge in [0.25, 0.3) is 12.0 Å². The van der Waals surface area contributed by atoms with Gasteiger partial charge in [0.1, 0.15) is 34.6 Å². The number of benzene rings is 2. The number of nitrogens with one attached hydrogen (secondary N) is 2. The van der Waals surface area contributed by atoms with Crippen molar-refractivity contribution >= 4 is 46.0 Å². The van der Waals surface area contributed by atoms with Crippen LogP contribution in [0.25, 0.3) is 22.2 Å². The van der Waals surface area contributed by atoms with Crippen molar-refractivity contribution in [3.8, 4) is 11.5 Å². The third kappa shape index (κ3) is 11.1. The first-order valence-corrected chi connectivity index (χ1v) is 23.2. The zero-order valence-electron chi connectivity index (χ0n) is 37.4. The maximum Gasteiger partial charge on any atom is 0.299 e. The number of nitrogens with zero attached hydrogens (tertiary/aromatic N) is 6. The number of hydrogen-bond donors (Lipinski definition) is 3. The van der Waals surface area contributed by atoms with Gasteiger partial charge in [-0.25, -0.2) is 0 Å². The molecule has 3 N–H and O–H groups in total. The number of likely N-dealkylation sites (tertiary alicyclic amines) is 2. The highest BCUT2D eigenvalue weighted by Gasteiger charge is 2.34. The fraction of sp³-hybridized carbons (Fsp3) is 0.660. The summed E-state index contributed by atoms with van der Waals surface area (Å²) < 4.78 is 17.7. The van der Waals surface area contributed by atoms with E-state index in [0.29, 0.717) is 66.0 Å². The number of hydrogen-bond acceptors (Lipinski definition) is 12. The van der Waals surface area contributed by atoms with Crippen LogP contribution in [0.4, 0.5) is 12.0 Å². The van der Waals surface area contributed by atoms with E-state index in [-0.39, 0.29) is 35.8 Å². The maximum absolute atomic E-state index is 13.1. The minimum absolute atomic E-state index is 0.0483. The second-order valence-electron chi connectivity index (χ2n) is 18.2. The summed E-state index contributed by atoms with van der Waals surface area (Å²) in [5.41, 5.74) is 2.71. The van der Waals surface area contributed by atoms with Crippen LogP contribution in [0.1, 0.15) is 119 Å². The van der Waals surface area contributed by atoms with Crippen LogP contribution in [0, 0.1) is 0 Å². The van der Waals surface area contributed by atoms with Crippen LogP contribution in [0.15, 0.2) is 45.2 Å². The second-order valence-corrected chi connectivity index (χ2v) is 18.2. The molecule has 4 aromatic rings. The topological polar surface area (TPSA) is 153 Å². The molecule has 334 valence electrons. The second kappa shape index (κ2) is 20.5. The Labute approximate surface area is 361 Å². The molecule has 4 saturated heterocycles. The molecule has 14 heteroatoms. The zero-order chi connectivity index (χ0) is 43.0. The highest BCUT2D eigenvalue weighted by molar-refractivity contribution is 5.86. The third-order valence-corrected chi connectivity index (χ3v) is 13.3. The van der Waals surface area contributed by atoms with Crippen molar-refractivity contribution in [2.45, 2.75) is 161 Å². The average Bonchev–Trinajstić information content (AvgIpc) is 3.87. The van der Waals surface area contributed by atoms with Crippen LogP contribution in [0.3, 0.4) is 0 Å². The van der Waals surface area contributed by atoms with Crippen molar-refractivity contribution in [3.63, 3.8) is 0 Å². The SMILES string of the molecule is CC(C)Oc1ccc2nc(N3CCCC[C@H]3C(=O)NCCN3[C@H](C)CCC[C@@H]3C)oc2c1.C[C@@H]1CCC[C@H](C)N1CCNC(=O)[C@@H]1CCCCN1c1nc2ccc(O)cc2o1. The predicted octanol–water partition coefficient (Wildman–Crippen LogP) is 7.62. The van der Waals surface area contributed by atoms with Gasteiger partial charge in [-0.3, -0.25) is 19.4 Å². The Kier molecular flexibility index (Phi) is 15.0. The van der Waals surface area contributed by atoms with Crippen molar-refractivity contribution in [3.05, 3.63) is 36.4 Å². The summed E-state index contributed by atoms with van der Waals surface area (Å²) >= 11 is 0. The monoisotopic (exact) mass is 843 g/mol. The molecule has 14 nitrogen and oxygen atoms in total. The predicted molar refractivity (Wildman–Crippen MR) is 240 cm³/mol. The standard InChI is InChI=1S/C25H38N4O3.C22H32N4O3/c1-17(2)31-20-11-12-21-23(16-20)32-25(27-21)29-14-6-5-10-22(29)24(30)26-13-15-28-18(3)8-7-9-19(28)4;1-15-6-5-7-16(2)25(15)13-11-23-21(28)19-8-3-4-12-26(19)22-24-18-10-9-17(27)14-20(18)29-22/h11-12,16-19,22H,5-10,13-15H2,1-4H3,(H,26,30);9-10,14-16,19,27H,3-8,11-13H2,1-2H3,(H,23,28)/t18-,19+,22-;15-,16+,19-/m00/s1. The van der Waals surface area contributed by atoms with Gasteiger partial charge in [-0.2, -0.15) is 9.97 Å². The summed E-state index contributed by atoms with van der Waals surface area (Å²) in [6, 6.07) is 13.4. The number of oxazole rings is 2. The molecule has 0 unspecified atom stereocenters. The molecule has 0 spiro atoms. The number of anilines is 2. The molecular formula is C47H70N8O6. The average molecular weight is 843 g/mol. The molecule has 0 bridgehead atoms. The number of piperidine rings is 4. The minimum atomic E-state index is -0.262. The summed E-state index contributed by atoms with van der Waals surface area (Å²) in [5, 5.41) is 16.0. The summed E-state index contributed by atoms with van der Waals surface area (Å²) in [7, 11) is 0. The van der Waals surface area contributed by atoms with Gasteiger partial charge in [0.2, 0.25) is 11.8 Å². The molecule has 0 aliphatic carbocycles. The fourth-order valence-electron chi connectivity index (χ4n) is 9.93. The van der Waals surface area contributed by atoms with Crippen molar-refractivity contribution in [1.29, 1.82) is 0 Å². The molecule has 4 fully saturated rings. The van der Waals surface area contributed by atoms with E-state index in [9.17, 15) is 14.7 Å². The molecule has 6 heterocycles. The third-order valence-electron chi connectivity index (χ3n) is 13.3. The number of aromatic nitrogens is 2. The van der Waals surface area contributed by atoms with E-state index in [4.69, 9.17) is 13.6 Å². The Hall–Kier alpha value is -4.56. The summed E-state index contributed by atoms with van der Waals surface area (Å²) in [6.07, 6.45) is 13.4. The van der Waals surface area contributed by atoms with Crippen LogP contribution in [-0.2, 0) is 9.59 Å². The first-order chi connectivity index (χ1) is 29.4. The Morgan fingerprint density at radius 1 is 0.672 bits per heavy atom. The molecule has 0 saturated carbocycles.